The van der Waals surface area contributed by atoms with E-state index in [1.54, 1.807) is 13.8 Å². The van der Waals surface area contributed by atoms with Crippen molar-refractivity contribution in [1.29, 1.82) is 0 Å². The molecule has 0 bridgehead atoms. The molecule has 27 heavy (non-hydrogen) atoms. The van der Waals surface area contributed by atoms with Crippen LogP contribution in [0, 0.1) is 11.8 Å². The zero-order valence-electron chi connectivity index (χ0n) is 16.3. The lowest BCUT2D eigenvalue weighted by Gasteiger charge is -2.33. The molecule has 1 aliphatic carbocycles. The van der Waals surface area contributed by atoms with Gasteiger partial charge in [-0.2, -0.15) is 0 Å². The lowest BCUT2D eigenvalue weighted by Crippen LogP contribution is -2.30. The van der Waals surface area contributed by atoms with E-state index in [4.69, 9.17) is 19.9 Å². The summed E-state index contributed by atoms with van der Waals surface area (Å²) < 4.78 is 15.5. The summed E-state index contributed by atoms with van der Waals surface area (Å²) in [7, 11) is 0. The van der Waals surface area contributed by atoms with E-state index >= 15 is 0 Å². The largest absolute Gasteiger partial charge is 0.462 e. The minimum absolute atomic E-state index is 0.137. The van der Waals surface area contributed by atoms with Gasteiger partial charge in [-0.15, -0.1) is 0 Å². The quantitative estimate of drug-likeness (QED) is 0.354. The number of rotatable bonds is 10. The normalized spacial score (nSPS) is 19.2. The van der Waals surface area contributed by atoms with Crippen LogP contribution in [0.5, 0.6) is 0 Å². The topological polar surface area (TPSA) is 105 Å². The van der Waals surface area contributed by atoms with Crippen LogP contribution >= 0.6 is 0 Å². The van der Waals surface area contributed by atoms with Gasteiger partial charge in [0.05, 0.1) is 13.2 Å². The summed E-state index contributed by atoms with van der Waals surface area (Å²) in [5.74, 6) is -0.192. The van der Waals surface area contributed by atoms with Crippen LogP contribution in [0.3, 0.4) is 0 Å². The maximum atomic E-state index is 11.6. The number of carbonyl (C=O) groups is 3. The van der Waals surface area contributed by atoms with Crippen LogP contribution in [0.4, 0.5) is 4.79 Å². The summed E-state index contributed by atoms with van der Waals surface area (Å²) >= 11 is 0. The third-order valence-corrected chi connectivity index (χ3v) is 4.81. The molecule has 2 N–H and O–H groups in total. The highest BCUT2D eigenvalue weighted by Crippen LogP contribution is 2.35. The average molecular weight is 381 g/mol. The molecular weight excluding hydrogens is 350 g/mol. The van der Waals surface area contributed by atoms with Crippen molar-refractivity contribution in [2.24, 2.45) is 17.6 Å². The fourth-order valence-corrected chi connectivity index (χ4v) is 3.31. The van der Waals surface area contributed by atoms with Gasteiger partial charge in [0.25, 0.3) is 0 Å². The predicted octanol–water partition coefficient (Wildman–Crippen LogP) is 3.28. The van der Waals surface area contributed by atoms with Gasteiger partial charge in [0.2, 0.25) is 0 Å². The maximum Gasteiger partial charge on any atom is 0.404 e. The van der Waals surface area contributed by atoms with E-state index in [0.717, 1.165) is 25.7 Å². The molecule has 0 heterocycles. The number of esters is 2. The third kappa shape index (κ3) is 8.75. The van der Waals surface area contributed by atoms with Gasteiger partial charge in [0.15, 0.2) is 0 Å². The van der Waals surface area contributed by atoms with Gasteiger partial charge in [-0.1, -0.05) is 13.2 Å². The minimum Gasteiger partial charge on any atom is -0.462 e. The molecule has 1 rings (SSSR count). The molecule has 0 aliphatic heterocycles. The van der Waals surface area contributed by atoms with E-state index in [9.17, 15) is 14.4 Å². The molecule has 1 amide bonds. The Morgan fingerprint density at radius 2 is 1.37 bits per heavy atom. The molecule has 0 saturated heterocycles. The first-order valence-corrected chi connectivity index (χ1v) is 9.32. The van der Waals surface area contributed by atoms with Crippen LogP contribution < -0.4 is 5.73 Å². The van der Waals surface area contributed by atoms with Crippen molar-refractivity contribution in [1.82, 2.24) is 0 Å². The van der Waals surface area contributed by atoms with E-state index in [2.05, 4.69) is 13.2 Å². The maximum absolute atomic E-state index is 11.6. The molecular formula is C20H31NO6. The van der Waals surface area contributed by atoms with Crippen LogP contribution in [0.2, 0.25) is 0 Å². The molecule has 1 fully saturated rings. The van der Waals surface area contributed by atoms with E-state index in [1.165, 1.54) is 0 Å². The number of hydrogen-bond donors (Lipinski definition) is 1. The SMILES string of the molecule is C=C(C)C(=O)OCCC(CCOC(=O)C(=C)C)C1CCC(OC(N)=O)CC1. The van der Waals surface area contributed by atoms with Crippen molar-refractivity contribution in [2.45, 2.75) is 58.5 Å². The first kappa shape index (κ1) is 22.7. The molecule has 1 aliphatic rings. The lowest BCUT2D eigenvalue weighted by atomic mass is 9.76. The van der Waals surface area contributed by atoms with Crippen molar-refractivity contribution in [3.63, 3.8) is 0 Å². The molecule has 152 valence electrons. The fourth-order valence-electron chi connectivity index (χ4n) is 3.31. The second kappa shape index (κ2) is 11.4. The summed E-state index contributed by atoms with van der Waals surface area (Å²) in [6.45, 7) is 10.9. The van der Waals surface area contributed by atoms with Crippen LogP contribution in [0.15, 0.2) is 24.3 Å². The van der Waals surface area contributed by atoms with E-state index in [1.807, 2.05) is 0 Å². The number of amides is 1. The molecule has 0 aromatic carbocycles. The van der Waals surface area contributed by atoms with Gasteiger partial charge in [-0.3, -0.25) is 0 Å². The highest BCUT2D eigenvalue weighted by Gasteiger charge is 2.29. The highest BCUT2D eigenvalue weighted by molar-refractivity contribution is 5.87. The first-order chi connectivity index (χ1) is 12.7. The van der Waals surface area contributed by atoms with Gasteiger partial charge < -0.3 is 19.9 Å². The smallest absolute Gasteiger partial charge is 0.404 e. The molecule has 0 aromatic heterocycles. The van der Waals surface area contributed by atoms with Gasteiger partial charge in [-0.05, 0) is 64.2 Å². The number of nitrogens with two attached hydrogens (primary N) is 1. The molecule has 7 nitrogen and oxygen atoms in total. The van der Waals surface area contributed by atoms with Crippen LogP contribution in [0.1, 0.15) is 52.4 Å². The standard InChI is InChI=1S/C20H31NO6/c1-13(2)18(22)25-11-9-16(10-12-26-19(23)14(3)4)15-5-7-17(8-6-15)27-20(21)24/h15-17H,1,3,5-12H2,2,4H3,(H2,21,24). The Morgan fingerprint density at radius 3 is 1.74 bits per heavy atom. The zero-order chi connectivity index (χ0) is 20.4. The lowest BCUT2D eigenvalue weighted by molar-refractivity contribution is -0.139. The van der Waals surface area contributed by atoms with Crippen molar-refractivity contribution < 1.29 is 28.6 Å². The molecule has 0 aromatic rings. The summed E-state index contributed by atoms with van der Waals surface area (Å²) in [5, 5.41) is 0. The molecule has 0 unspecified atom stereocenters. The summed E-state index contributed by atoms with van der Waals surface area (Å²) in [6, 6.07) is 0. The molecule has 1 saturated carbocycles. The average Bonchev–Trinajstić information content (AvgIpc) is 2.60. The summed E-state index contributed by atoms with van der Waals surface area (Å²) in [6.07, 6.45) is 3.74. The van der Waals surface area contributed by atoms with Gasteiger partial charge in [0, 0.05) is 11.1 Å². The fraction of sp³-hybridized carbons (Fsp3) is 0.650. The Morgan fingerprint density at radius 1 is 0.926 bits per heavy atom. The van der Waals surface area contributed by atoms with E-state index < -0.39 is 18.0 Å². The number of carbonyl (C=O) groups excluding carboxylic acids is 3. The van der Waals surface area contributed by atoms with Crippen molar-refractivity contribution in [3.8, 4) is 0 Å². The number of primary amides is 1. The monoisotopic (exact) mass is 381 g/mol. The Bertz CT molecular complexity index is 531. The van der Waals surface area contributed by atoms with Crippen LogP contribution in [-0.2, 0) is 23.8 Å². The Kier molecular flexibility index (Phi) is 9.61. The van der Waals surface area contributed by atoms with Crippen LogP contribution in [0.25, 0.3) is 0 Å². The second-order valence-electron chi connectivity index (χ2n) is 7.14. The second-order valence-corrected chi connectivity index (χ2v) is 7.14. The number of hydrogen-bond acceptors (Lipinski definition) is 6. The molecule has 0 atom stereocenters. The molecule has 0 spiro atoms. The van der Waals surface area contributed by atoms with E-state index in [0.29, 0.717) is 43.1 Å². The first-order valence-electron chi connectivity index (χ1n) is 9.32. The van der Waals surface area contributed by atoms with Crippen molar-refractivity contribution in [2.75, 3.05) is 13.2 Å². The Balaban J connectivity index is 2.55. The zero-order valence-corrected chi connectivity index (χ0v) is 16.3. The minimum atomic E-state index is -0.742. The molecule has 0 radical (unpaired) electrons. The van der Waals surface area contributed by atoms with Crippen molar-refractivity contribution in [3.05, 3.63) is 24.3 Å². The molecule has 7 heteroatoms. The Hall–Kier alpha value is -2.31. The van der Waals surface area contributed by atoms with Gasteiger partial charge >= 0.3 is 18.0 Å². The van der Waals surface area contributed by atoms with Gasteiger partial charge in [0.1, 0.15) is 6.10 Å². The summed E-state index contributed by atoms with van der Waals surface area (Å²) in [5.41, 5.74) is 5.82. The van der Waals surface area contributed by atoms with E-state index in [-0.39, 0.29) is 12.0 Å². The third-order valence-electron chi connectivity index (χ3n) is 4.81. The van der Waals surface area contributed by atoms with Crippen molar-refractivity contribution >= 4 is 18.0 Å². The predicted molar refractivity (Wildman–Crippen MR) is 101 cm³/mol. The van der Waals surface area contributed by atoms with Gasteiger partial charge in [-0.25, -0.2) is 14.4 Å². The van der Waals surface area contributed by atoms with Crippen LogP contribution in [-0.4, -0.2) is 37.3 Å². The number of ether oxygens (including phenoxy) is 3. The summed E-state index contributed by atoms with van der Waals surface area (Å²) in [4.78, 5) is 34.0. The Labute approximate surface area is 160 Å². The highest BCUT2D eigenvalue weighted by atomic mass is 16.6.